The summed E-state index contributed by atoms with van der Waals surface area (Å²) in [6.07, 6.45) is 0. The Balaban J connectivity index is 3.12. The average molecular weight is 263 g/mol. The summed E-state index contributed by atoms with van der Waals surface area (Å²) in [7, 11) is 0. The smallest absolute Gasteiger partial charge is 0.209 e. The minimum absolute atomic E-state index is 0.145. The van der Waals surface area contributed by atoms with Crippen molar-refractivity contribution < 1.29 is 0 Å². The highest BCUT2D eigenvalue weighted by Crippen LogP contribution is 2.27. The predicted molar refractivity (Wildman–Crippen MR) is 64.3 cm³/mol. The van der Waals surface area contributed by atoms with Gasteiger partial charge in [-0.1, -0.05) is 34.8 Å². The van der Waals surface area contributed by atoms with Crippen LogP contribution in [0.4, 0.5) is 0 Å². The average Bonchev–Trinajstić information content (AvgIpc) is 2.20. The van der Waals surface area contributed by atoms with Gasteiger partial charge in [-0.15, -0.1) is 0 Å². The van der Waals surface area contributed by atoms with Crippen LogP contribution in [-0.4, -0.2) is 4.98 Å². The van der Waals surface area contributed by atoms with Crippen molar-refractivity contribution >= 4 is 45.7 Å². The molecule has 0 unspecified atom stereocenters. The number of pyridine rings is 1. The van der Waals surface area contributed by atoms with E-state index in [0.717, 1.165) is 0 Å². The minimum atomic E-state index is -0.296. The molecule has 0 radical (unpaired) electrons. The summed E-state index contributed by atoms with van der Waals surface area (Å²) in [5, 5.41) is 1.27. The first kappa shape index (κ1) is 10.8. The Labute approximate surface area is 101 Å². The second-order valence-corrected chi connectivity index (χ2v) is 4.36. The lowest BCUT2D eigenvalue weighted by Gasteiger charge is -2.05. The molecule has 5 heteroatoms. The third-order valence-corrected chi connectivity index (χ3v) is 3.26. The van der Waals surface area contributed by atoms with E-state index < -0.39 is 0 Å². The molecule has 15 heavy (non-hydrogen) atoms. The summed E-state index contributed by atoms with van der Waals surface area (Å²) < 4.78 is 0. The van der Waals surface area contributed by atoms with Crippen molar-refractivity contribution in [1.29, 1.82) is 0 Å². The number of aryl methyl sites for hydroxylation is 1. The molecule has 1 aromatic heterocycles. The van der Waals surface area contributed by atoms with Crippen LogP contribution in [0.25, 0.3) is 10.9 Å². The molecule has 0 aliphatic rings. The molecule has 2 nitrogen and oxygen atoms in total. The van der Waals surface area contributed by atoms with E-state index in [1.165, 1.54) is 0 Å². The summed E-state index contributed by atoms with van der Waals surface area (Å²) in [6, 6.07) is 3.21. The molecule has 0 aliphatic carbocycles. The first-order valence-corrected chi connectivity index (χ1v) is 5.32. The summed E-state index contributed by atoms with van der Waals surface area (Å²) in [4.78, 5) is 14.8. The monoisotopic (exact) mass is 261 g/mol. The highest BCUT2D eigenvalue weighted by atomic mass is 35.5. The van der Waals surface area contributed by atoms with Gasteiger partial charge in [-0.05, 0) is 19.1 Å². The topological polar surface area (TPSA) is 32.9 Å². The zero-order valence-electron chi connectivity index (χ0n) is 7.70. The first-order valence-electron chi connectivity index (χ1n) is 4.18. The predicted octanol–water partition coefficient (Wildman–Crippen LogP) is 3.80. The van der Waals surface area contributed by atoms with Crippen molar-refractivity contribution in [2.75, 3.05) is 0 Å². The second-order valence-electron chi connectivity index (χ2n) is 3.17. The van der Waals surface area contributed by atoms with Crippen LogP contribution >= 0.6 is 34.8 Å². The fourth-order valence-corrected chi connectivity index (χ4v) is 2.01. The molecule has 0 aliphatic heterocycles. The zero-order valence-corrected chi connectivity index (χ0v) is 9.96. The maximum atomic E-state index is 11.8. The third-order valence-electron chi connectivity index (χ3n) is 2.17. The van der Waals surface area contributed by atoms with E-state index in [2.05, 4.69) is 4.98 Å². The summed E-state index contributed by atoms with van der Waals surface area (Å²) in [6.45, 7) is 1.71. The van der Waals surface area contributed by atoms with E-state index in [4.69, 9.17) is 34.8 Å². The first-order chi connectivity index (χ1) is 7.02. The molecule has 0 saturated carbocycles. The standard InChI is InChI=1S/C10H6Cl3NO/c1-4-8(13)10(15)7-5(11)2-3-6(12)9(7)14-4/h2-3H,1H3,(H,14,15). The van der Waals surface area contributed by atoms with Crippen LogP contribution in [-0.2, 0) is 0 Å². The molecular formula is C10H6Cl3NO. The number of aromatic amines is 1. The summed E-state index contributed by atoms with van der Waals surface area (Å²) >= 11 is 17.7. The van der Waals surface area contributed by atoms with Crippen LogP contribution in [0, 0.1) is 6.92 Å². The highest BCUT2D eigenvalue weighted by molar-refractivity contribution is 6.40. The van der Waals surface area contributed by atoms with Gasteiger partial charge >= 0.3 is 0 Å². The number of aromatic nitrogens is 1. The minimum Gasteiger partial charge on any atom is -0.356 e. The van der Waals surface area contributed by atoms with Gasteiger partial charge in [0.1, 0.15) is 5.02 Å². The van der Waals surface area contributed by atoms with E-state index in [0.29, 0.717) is 26.6 Å². The largest absolute Gasteiger partial charge is 0.356 e. The quantitative estimate of drug-likeness (QED) is 0.770. The molecule has 78 valence electrons. The van der Waals surface area contributed by atoms with Crippen molar-refractivity contribution in [2.45, 2.75) is 6.92 Å². The third kappa shape index (κ3) is 1.63. The SMILES string of the molecule is Cc1[nH]c2c(Cl)ccc(Cl)c2c(=O)c1Cl. The van der Waals surface area contributed by atoms with Crippen molar-refractivity contribution in [3.63, 3.8) is 0 Å². The van der Waals surface area contributed by atoms with Gasteiger partial charge in [0, 0.05) is 5.69 Å². The summed E-state index contributed by atoms with van der Waals surface area (Å²) in [5.41, 5.74) is 0.810. The van der Waals surface area contributed by atoms with Crippen LogP contribution in [0.1, 0.15) is 5.69 Å². The summed E-state index contributed by atoms with van der Waals surface area (Å²) in [5.74, 6) is 0. The van der Waals surface area contributed by atoms with Gasteiger partial charge in [0.25, 0.3) is 0 Å². The molecule has 1 N–H and O–H groups in total. The Morgan fingerprint density at radius 3 is 2.40 bits per heavy atom. The molecule has 2 rings (SSSR count). The number of halogens is 3. The molecule has 0 atom stereocenters. The Morgan fingerprint density at radius 1 is 1.13 bits per heavy atom. The van der Waals surface area contributed by atoms with Gasteiger partial charge in [-0.3, -0.25) is 4.79 Å². The Bertz CT molecular complexity index is 604. The van der Waals surface area contributed by atoms with E-state index >= 15 is 0 Å². The van der Waals surface area contributed by atoms with E-state index in [-0.39, 0.29) is 10.5 Å². The van der Waals surface area contributed by atoms with Crippen LogP contribution in [0.3, 0.4) is 0 Å². The fraction of sp³-hybridized carbons (Fsp3) is 0.100. The molecule has 0 bridgehead atoms. The molecule has 0 saturated heterocycles. The molecule has 0 fully saturated rings. The van der Waals surface area contributed by atoms with Crippen molar-refractivity contribution in [3.8, 4) is 0 Å². The van der Waals surface area contributed by atoms with Gasteiger partial charge in [-0.2, -0.15) is 0 Å². The number of benzene rings is 1. The molecule has 1 heterocycles. The molecule has 0 spiro atoms. The van der Waals surface area contributed by atoms with E-state index in [1.54, 1.807) is 19.1 Å². The Kier molecular flexibility index (Phi) is 2.67. The van der Waals surface area contributed by atoms with Crippen molar-refractivity contribution in [1.82, 2.24) is 4.98 Å². The number of nitrogens with one attached hydrogen (secondary N) is 1. The van der Waals surface area contributed by atoms with E-state index in [9.17, 15) is 4.79 Å². The number of fused-ring (bicyclic) bond motifs is 1. The van der Waals surface area contributed by atoms with Gasteiger partial charge < -0.3 is 4.98 Å². The lowest BCUT2D eigenvalue weighted by molar-refractivity contribution is 1.24. The van der Waals surface area contributed by atoms with Gasteiger partial charge in [0.2, 0.25) is 5.43 Å². The van der Waals surface area contributed by atoms with Crippen molar-refractivity contribution in [3.05, 3.63) is 43.1 Å². The normalized spacial score (nSPS) is 10.9. The molecular weight excluding hydrogens is 256 g/mol. The Morgan fingerprint density at radius 2 is 1.73 bits per heavy atom. The van der Waals surface area contributed by atoms with Crippen molar-refractivity contribution in [2.24, 2.45) is 0 Å². The van der Waals surface area contributed by atoms with Crippen LogP contribution in [0.5, 0.6) is 0 Å². The molecule has 0 amide bonds. The lowest BCUT2D eigenvalue weighted by Crippen LogP contribution is -2.07. The zero-order chi connectivity index (χ0) is 11.2. The number of hydrogen-bond donors (Lipinski definition) is 1. The molecule has 1 aromatic carbocycles. The van der Waals surface area contributed by atoms with Gasteiger partial charge in [0.05, 0.1) is 20.9 Å². The fourth-order valence-electron chi connectivity index (χ4n) is 1.42. The highest BCUT2D eigenvalue weighted by Gasteiger charge is 2.12. The lowest BCUT2D eigenvalue weighted by atomic mass is 10.2. The van der Waals surface area contributed by atoms with Crippen LogP contribution < -0.4 is 5.43 Å². The van der Waals surface area contributed by atoms with Gasteiger partial charge in [-0.25, -0.2) is 0 Å². The van der Waals surface area contributed by atoms with Crippen LogP contribution in [0.2, 0.25) is 15.1 Å². The number of rotatable bonds is 0. The number of H-pyrrole nitrogens is 1. The van der Waals surface area contributed by atoms with Gasteiger partial charge in [0.15, 0.2) is 0 Å². The maximum Gasteiger partial charge on any atom is 0.209 e. The molecule has 2 aromatic rings. The Hall–Kier alpha value is -0.700. The maximum absolute atomic E-state index is 11.8. The van der Waals surface area contributed by atoms with Crippen LogP contribution in [0.15, 0.2) is 16.9 Å². The van der Waals surface area contributed by atoms with E-state index in [1.807, 2.05) is 0 Å². The number of hydrogen-bond acceptors (Lipinski definition) is 1. The second kappa shape index (κ2) is 3.71.